The maximum atomic E-state index is 12.4. The third-order valence-electron chi connectivity index (χ3n) is 4.57. The fourth-order valence-electron chi connectivity index (χ4n) is 3.08. The van der Waals surface area contributed by atoms with Gasteiger partial charge in [-0.25, -0.2) is 4.79 Å². The van der Waals surface area contributed by atoms with Gasteiger partial charge in [-0.15, -0.1) is 0 Å². The van der Waals surface area contributed by atoms with Gasteiger partial charge in [0.25, 0.3) is 0 Å². The van der Waals surface area contributed by atoms with Gasteiger partial charge < -0.3 is 10.1 Å². The van der Waals surface area contributed by atoms with Crippen molar-refractivity contribution in [2.24, 2.45) is 0 Å². The van der Waals surface area contributed by atoms with Crippen LogP contribution in [-0.2, 0) is 4.79 Å². The number of benzene rings is 3. The van der Waals surface area contributed by atoms with Crippen LogP contribution in [0.5, 0.6) is 5.75 Å². The van der Waals surface area contributed by atoms with E-state index in [0.717, 1.165) is 22.1 Å². The number of thioether (sulfide) groups is 1. The van der Waals surface area contributed by atoms with Gasteiger partial charge in [-0.2, -0.15) is 0 Å². The largest absolute Gasteiger partial charge is 0.497 e. The van der Waals surface area contributed by atoms with E-state index >= 15 is 0 Å². The van der Waals surface area contributed by atoms with Gasteiger partial charge in [-0.3, -0.25) is 9.32 Å². The lowest BCUT2D eigenvalue weighted by Crippen LogP contribution is -2.36. The summed E-state index contributed by atoms with van der Waals surface area (Å²) in [5.74, 6) is 1.02. The number of nitrogens with zero attached hydrogens (tertiary/aromatic N) is 1. The van der Waals surface area contributed by atoms with Crippen molar-refractivity contribution >= 4 is 34.1 Å². The van der Waals surface area contributed by atoms with E-state index in [1.54, 1.807) is 23.9 Å². The van der Waals surface area contributed by atoms with Crippen molar-refractivity contribution in [3.8, 4) is 11.4 Å². The van der Waals surface area contributed by atoms with E-state index in [1.165, 1.54) is 11.8 Å². The number of ether oxygens (including phenoxy) is 1. The summed E-state index contributed by atoms with van der Waals surface area (Å²) in [5.41, 5.74) is 1.02. The molecule has 1 amide bonds. The van der Waals surface area contributed by atoms with Crippen molar-refractivity contribution in [1.82, 2.24) is 5.27 Å². The number of methoxy groups -OCH3 is 1. The van der Waals surface area contributed by atoms with Crippen LogP contribution >= 0.6 is 11.8 Å². The SMILES string of the molecule is COc1ccc(-[n+]2[nH]oc(=O)c2SCCC(=O)Nc2cccc3ccccc23)cc1. The molecule has 2 N–H and O–H groups in total. The number of nitrogens with one attached hydrogen (secondary N) is 2. The Morgan fingerprint density at radius 3 is 2.67 bits per heavy atom. The minimum Gasteiger partial charge on any atom is -0.497 e. The molecule has 1 aromatic heterocycles. The highest BCUT2D eigenvalue weighted by Gasteiger charge is 2.24. The molecule has 0 unspecified atom stereocenters. The van der Waals surface area contributed by atoms with E-state index in [9.17, 15) is 9.59 Å². The van der Waals surface area contributed by atoms with E-state index < -0.39 is 5.63 Å². The number of hydrogen-bond acceptors (Lipinski definition) is 5. The molecular weight excluding hydrogens is 402 g/mol. The number of rotatable bonds is 7. The number of fused-ring (bicyclic) bond motifs is 1. The van der Waals surface area contributed by atoms with Gasteiger partial charge in [0.2, 0.25) is 11.6 Å². The van der Waals surface area contributed by atoms with Crippen molar-refractivity contribution in [3.05, 3.63) is 77.2 Å². The fraction of sp³-hybridized carbons (Fsp3) is 0.136. The Bertz CT molecular complexity index is 1230. The minimum absolute atomic E-state index is 0.116. The van der Waals surface area contributed by atoms with Gasteiger partial charge in [0.1, 0.15) is 5.75 Å². The summed E-state index contributed by atoms with van der Waals surface area (Å²) in [6.45, 7) is 0. The summed E-state index contributed by atoms with van der Waals surface area (Å²) >= 11 is 1.26. The van der Waals surface area contributed by atoms with Crippen LogP contribution in [-0.4, -0.2) is 24.0 Å². The number of hydrogen-bond donors (Lipinski definition) is 2. The van der Waals surface area contributed by atoms with Crippen molar-refractivity contribution in [2.45, 2.75) is 11.4 Å². The summed E-state index contributed by atoms with van der Waals surface area (Å²) in [5, 5.41) is 7.98. The Balaban J connectivity index is 1.41. The number of aromatic amines is 1. The van der Waals surface area contributed by atoms with Crippen LogP contribution in [0.3, 0.4) is 0 Å². The van der Waals surface area contributed by atoms with Gasteiger partial charge in [0, 0.05) is 35.4 Å². The smallest absolute Gasteiger partial charge is 0.442 e. The second kappa shape index (κ2) is 8.87. The average molecular weight is 422 g/mol. The van der Waals surface area contributed by atoms with Crippen LogP contribution in [0.4, 0.5) is 5.69 Å². The Hall–Kier alpha value is -3.52. The molecule has 0 aliphatic rings. The number of amides is 1. The van der Waals surface area contributed by atoms with Crippen LogP contribution in [0.15, 0.2) is 81.1 Å². The predicted molar refractivity (Wildman–Crippen MR) is 115 cm³/mol. The molecular formula is C22H20N3O4S+. The zero-order chi connectivity index (χ0) is 20.9. The maximum absolute atomic E-state index is 12.4. The molecule has 0 saturated carbocycles. The average Bonchev–Trinajstić information content (AvgIpc) is 3.14. The van der Waals surface area contributed by atoms with Gasteiger partial charge in [0.05, 0.1) is 7.11 Å². The zero-order valence-corrected chi connectivity index (χ0v) is 17.1. The molecule has 152 valence electrons. The predicted octanol–water partition coefficient (Wildman–Crippen LogP) is 3.53. The molecule has 4 rings (SSSR count). The van der Waals surface area contributed by atoms with Gasteiger partial charge in [0.15, 0.2) is 0 Å². The quantitative estimate of drug-likeness (QED) is 0.351. The Kier molecular flexibility index (Phi) is 5.85. The topological polar surface area (TPSA) is 88.2 Å². The Labute approximate surface area is 176 Å². The molecule has 0 atom stereocenters. The van der Waals surface area contributed by atoms with E-state index in [2.05, 4.69) is 10.6 Å². The fourth-order valence-corrected chi connectivity index (χ4v) is 3.99. The third kappa shape index (κ3) is 4.23. The molecule has 0 aliphatic heterocycles. The molecule has 7 nitrogen and oxygen atoms in total. The first-order valence-corrected chi connectivity index (χ1v) is 10.3. The maximum Gasteiger partial charge on any atom is 0.442 e. The van der Waals surface area contributed by atoms with Crippen LogP contribution in [0, 0.1) is 0 Å². The lowest BCUT2D eigenvalue weighted by molar-refractivity contribution is -0.704. The monoisotopic (exact) mass is 422 g/mol. The van der Waals surface area contributed by atoms with E-state index in [1.807, 2.05) is 54.6 Å². The van der Waals surface area contributed by atoms with Crippen LogP contribution in [0.2, 0.25) is 0 Å². The Morgan fingerprint density at radius 2 is 1.87 bits per heavy atom. The summed E-state index contributed by atoms with van der Waals surface area (Å²) in [4.78, 5) is 24.5. The number of carbonyl (C=O) groups excluding carboxylic acids is 1. The normalized spacial score (nSPS) is 10.8. The second-order valence-electron chi connectivity index (χ2n) is 6.49. The van der Waals surface area contributed by atoms with Crippen LogP contribution in [0.1, 0.15) is 6.42 Å². The highest BCUT2D eigenvalue weighted by Crippen LogP contribution is 2.23. The molecule has 0 aliphatic carbocycles. The van der Waals surface area contributed by atoms with E-state index in [-0.39, 0.29) is 12.3 Å². The number of anilines is 1. The summed E-state index contributed by atoms with van der Waals surface area (Å²) in [7, 11) is 1.59. The van der Waals surface area contributed by atoms with E-state index in [0.29, 0.717) is 16.5 Å². The molecule has 3 aromatic carbocycles. The number of H-pyrrole nitrogens is 1. The van der Waals surface area contributed by atoms with Gasteiger partial charge >= 0.3 is 10.7 Å². The molecule has 0 bridgehead atoms. The minimum atomic E-state index is -0.481. The van der Waals surface area contributed by atoms with Crippen LogP contribution < -0.4 is 20.4 Å². The molecule has 0 spiro atoms. The first-order valence-electron chi connectivity index (χ1n) is 9.34. The Morgan fingerprint density at radius 1 is 1.10 bits per heavy atom. The van der Waals surface area contributed by atoms with Gasteiger partial charge in [-0.05, 0) is 45.3 Å². The zero-order valence-electron chi connectivity index (χ0n) is 16.3. The van der Waals surface area contributed by atoms with Crippen molar-refractivity contribution in [1.29, 1.82) is 0 Å². The second-order valence-corrected chi connectivity index (χ2v) is 7.58. The third-order valence-corrected chi connectivity index (χ3v) is 5.60. The molecule has 0 radical (unpaired) electrons. The molecule has 8 heteroatoms. The lowest BCUT2D eigenvalue weighted by Gasteiger charge is -2.08. The first-order chi connectivity index (χ1) is 14.7. The summed E-state index contributed by atoms with van der Waals surface area (Å²) in [6, 6.07) is 20.9. The highest BCUT2D eigenvalue weighted by molar-refractivity contribution is 7.99. The number of carbonyl (C=O) groups is 1. The number of aromatic nitrogens is 2. The molecule has 30 heavy (non-hydrogen) atoms. The molecule has 4 aromatic rings. The molecule has 0 fully saturated rings. The summed E-state index contributed by atoms with van der Waals surface area (Å²) in [6.07, 6.45) is 0.251. The summed E-state index contributed by atoms with van der Waals surface area (Å²) < 4.78 is 11.6. The lowest BCUT2D eigenvalue weighted by atomic mass is 10.1. The van der Waals surface area contributed by atoms with Gasteiger partial charge in [-0.1, -0.05) is 36.4 Å². The standard InChI is InChI=1S/C22H19N3O4S/c1-28-17-11-9-16(10-12-17)25-21(22(27)29-24-25)30-14-13-20(26)23-19-8-4-6-15-5-2-3-7-18(15)19/h2-12H,13-14H2,1H3,(H-,23,24,26,27)/p+1. The molecule has 1 heterocycles. The highest BCUT2D eigenvalue weighted by atomic mass is 32.2. The van der Waals surface area contributed by atoms with Crippen molar-refractivity contribution in [3.63, 3.8) is 0 Å². The van der Waals surface area contributed by atoms with Crippen LogP contribution in [0.25, 0.3) is 16.5 Å². The first kappa shape index (κ1) is 19.8. The van der Waals surface area contributed by atoms with Crippen molar-refractivity contribution < 1.29 is 18.7 Å². The molecule has 0 saturated heterocycles. The van der Waals surface area contributed by atoms with Crippen molar-refractivity contribution in [2.75, 3.05) is 18.2 Å². The van der Waals surface area contributed by atoms with E-state index in [4.69, 9.17) is 9.26 Å².